The number of nitrogens with zero attached hydrogens (tertiary/aromatic N) is 1. The molecule has 3 nitrogen and oxygen atoms in total. The van der Waals surface area contributed by atoms with Gasteiger partial charge in [0, 0.05) is 0 Å². The van der Waals surface area contributed by atoms with Gasteiger partial charge in [-0.3, -0.25) is 9.69 Å². The van der Waals surface area contributed by atoms with E-state index in [1.54, 1.807) is 0 Å². The number of hydrogen-bond acceptors (Lipinski definition) is 2. The van der Waals surface area contributed by atoms with Crippen LogP contribution in [0, 0.1) is 0 Å². The molecule has 5 heteroatoms. The van der Waals surface area contributed by atoms with Gasteiger partial charge in [0.15, 0.2) is 0 Å². The third-order valence-electron chi connectivity index (χ3n) is 1.81. The second-order valence-electron chi connectivity index (χ2n) is 2.73. The summed E-state index contributed by atoms with van der Waals surface area (Å²) in [5.74, 6) is -0.707. The zero-order chi connectivity index (χ0) is 7.40. The maximum atomic E-state index is 10.2. The van der Waals surface area contributed by atoms with Crippen LogP contribution < -0.4 is 42.0 Å². The minimum absolute atomic E-state index is 0. The van der Waals surface area contributed by atoms with Crippen LogP contribution in [0.25, 0.3) is 0 Å². The molecule has 0 radical (unpaired) electrons. The molecule has 0 aliphatic carbocycles. The van der Waals surface area contributed by atoms with Crippen LogP contribution in [0.4, 0.5) is 0 Å². The molecule has 0 saturated carbocycles. The predicted molar refractivity (Wildman–Crippen MR) is 37.9 cm³/mol. The van der Waals surface area contributed by atoms with Gasteiger partial charge in [0.2, 0.25) is 0 Å². The largest absolute Gasteiger partial charge is 1.00 e. The monoisotopic (exact) mass is 201 g/mol. The van der Waals surface area contributed by atoms with Gasteiger partial charge in [0.25, 0.3) is 0 Å². The van der Waals surface area contributed by atoms with Crippen LogP contribution in [0.1, 0.15) is 19.3 Å². The van der Waals surface area contributed by atoms with Gasteiger partial charge in [-0.2, -0.15) is 0 Å². The van der Waals surface area contributed by atoms with E-state index < -0.39 is 5.97 Å². The number of carboxylic acids is 1. The normalized spacial score (nSPS) is 17.3. The van der Waals surface area contributed by atoms with Crippen molar-refractivity contribution in [2.24, 2.45) is 0 Å². The van der Waals surface area contributed by atoms with Crippen molar-refractivity contribution < 1.29 is 51.9 Å². The Morgan fingerprint density at radius 3 is 2.17 bits per heavy atom. The first-order chi connectivity index (χ1) is 4.79. The Kier molecular flexibility index (Phi) is 10.5. The Morgan fingerprint density at radius 2 is 1.75 bits per heavy atom. The summed E-state index contributed by atoms with van der Waals surface area (Å²) in [6.07, 6.45) is 3.58. The Hall–Kier alpha value is 0.720. The van der Waals surface area contributed by atoms with Crippen LogP contribution in [-0.2, 0) is 4.79 Å². The van der Waals surface area contributed by atoms with Crippen molar-refractivity contribution in [3.8, 4) is 0 Å². The minimum atomic E-state index is -0.707. The number of rotatable bonds is 2. The predicted octanol–water partition coefficient (Wildman–Crippen LogP) is -5.44. The zero-order valence-electron chi connectivity index (χ0n) is 7.42. The molecule has 0 spiro atoms. The summed E-state index contributed by atoms with van der Waals surface area (Å²) < 4.78 is 0. The summed E-state index contributed by atoms with van der Waals surface area (Å²) in [4.78, 5) is 12.2. The molecule has 0 aromatic heterocycles. The summed E-state index contributed by atoms with van der Waals surface area (Å²) >= 11 is 0. The van der Waals surface area contributed by atoms with E-state index in [1.165, 1.54) is 6.42 Å². The number of carboxylic acid groups (broad SMARTS) is 1. The molecule has 12 heavy (non-hydrogen) atoms. The smallest absolute Gasteiger partial charge is 1.00 e. The quantitative estimate of drug-likeness (QED) is 0.454. The maximum Gasteiger partial charge on any atom is 1.00 e. The third-order valence-corrected chi connectivity index (χ3v) is 1.81. The summed E-state index contributed by atoms with van der Waals surface area (Å²) in [6, 6.07) is 0. The first-order valence-electron chi connectivity index (χ1n) is 3.73. The standard InChI is InChI=1S/C7H13NO2.ClH.Na/c9-7(10)6-8-4-2-1-3-5-8;;/h1-6H2,(H,9,10);1H;/q;;+1/p-1. The second-order valence-corrected chi connectivity index (χ2v) is 2.73. The fraction of sp³-hybridized carbons (Fsp3) is 0.857. The fourth-order valence-corrected chi connectivity index (χ4v) is 1.31. The second kappa shape index (κ2) is 8.32. The molecular weight excluding hydrogens is 189 g/mol. The van der Waals surface area contributed by atoms with Gasteiger partial charge in [0.05, 0.1) is 6.54 Å². The molecule has 1 rings (SSSR count). The van der Waals surface area contributed by atoms with E-state index in [4.69, 9.17) is 5.11 Å². The van der Waals surface area contributed by atoms with E-state index in [9.17, 15) is 4.79 Å². The first kappa shape index (κ1) is 15.2. The van der Waals surface area contributed by atoms with E-state index in [0.717, 1.165) is 25.9 Å². The van der Waals surface area contributed by atoms with Crippen molar-refractivity contribution in [1.82, 2.24) is 4.90 Å². The zero-order valence-corrected chi connectivity index (χ0v) is 10.2. The molecule has 1 saturated heterocycles. The van der Waals surface area contributed by atoms with Gasteiger partial charge in [-0.15, -0.1) is 0 Å². The molecule has 1 heterocycles. The van der Waals surface area contributed by atoms with Gasteiger partial charge in [-0.1, -0.05) is 6.42 Å². The Morgan fingerprint density at radius 1 is 1.25 bits per heavy atom. The fourth-order valence-electron chi connectivity index (χ4n) is 1.31. The Balaban J connectivity index is 0. The van der Waals surface area contributed by atoms with Crippen molar-refractivity contribution in [2.75, 3.05) is 19.6 Å². The number of piperidine rings is 1. The SMILES string of the molecule is O=C(O)CN1CCCCC1.[Cl-].[Na+]. The molecule has 1 aliphatic heterocycles. The van der Waals surface area contributed by atoms with E-state index in [1.807, 2.05) is 4.90 Å². The number of aliphatic carboxylic acids is 1. The molecule has 1 fully saturated rings. The van der Waals surface area contributed by atoms with Gasteiger partial charge in [-0.05, 0) is 25.9 Å². The molecule has 0 amide bonds. The van der Waals surface area contributed by atoms with Crippen LogP contribution in [0.2, 0.25) is 0 Å². The Bertz CT molecular complexity index is 129. The minimum Gasteiger partial charge on any atom is -1.00 e. The van der Waals surface area contributed by atoms with Crippen LogP contribution >= 0.6 is 0 Å². The van der Waals surface area contributed by atoms with Crippen molar-refractivity contribution >= 4 is 5.97 Å². The third kappa shape index (κ3) is 6.26. The maximum absolute atomic E-state index is 10.2. The molecule has 66 valence electrons. The van der Waals surface area contributed by atoms with Gasteiger partial charge in [-0.25, -0.2) is 0 Å². The molecule has 1 aliphatic rings. The average molecular weight is 202 g/mol. The van der Waals surface area contributed by atoms with Gasteiger partial charge in [0.1, 0.15) is 0 Å². The first-order valence-corrected chi connectivity index (χ1v) is 3.73. The molecule has 0 bridgehead atoms. The molecule has 1 N–H and O–H groups in total. The van der Waals surface area contributed by atoms with Crippen molar-refractivity contribution in [3.63, 3.8) is 0 Å². The number of halogens is 1. The Labute approximate surface area is 101 Å². The summed E-state index contributed by atoms with van der Waals surface area (Å²) in [5.41, 5.74) is 0. The number of carbonyl (C=O) groups is 1. The number of likely N-dealkylation sites (tertiary alicyclic amines) is 1. The number of hydrogen-bond donors (Lipinski definition) is 1. The van der Waals surface area contributed by atoms with Crippen LogP contribution in [-0.4, -0.2) is 35.6 Å². The molecule has 0 unspecified atom stereocenters. The molecule has 0 atom stereocenters. The molecule has 0 aromatic rings. The summed E-state index contributed by atoms with van der Waals surface area (Å²) in [6.45, 7) is 2.15. The van der Waals surface area contributed by atoms with Crippen LogP contribution in [0.15, 0.2) is 0 Å². The van der Waals surface area contributed by atoms with E-state index in [0.29, 0.717) is 0 Å². The average Bonchev–Trinajstić information content (AvgIpc) is 1.88. The van der Waals surface area contributed by atoms with E-state index >= 15 is 0 Å². The van der Waals surface area contributed by atoms with E-state index in [2.05, 4.69) is 0 Å². The molecule has 0 aromatic carbocycles. The topological polar surface area (TPSA) is 40.5 Å². The van der Waals surface area contributed by atoms with Crippen molar-refractivity contribution in [3.05, 3.63) is 0 Å². The summed E-state index contributed by atoms with van der Waals surface area (Å²) in [5, 5.41) is 8.42. The van der Waals surface area contributed by atoms with Gasteiger partial charge >= 0.3 is 35.5 Å². The van der Waals surface area contributed by atoms with E-state index in [-0.39, 0.29) is 48.5 Å². The van der Waals surface area contributed by atoms with Gasteiger partial charge < -0.3 is 17.5 Å². The molecular formula is C7H13ClNNaO2. The van der Waals surface area contributed by atoms with Crippen LogP contribution in [0.3, 0.4) is 0 Å². The summed E-state index contributed by atoms with van der Waals surface area (Å²) in [7, 11) is 0. The van der Waals surface area contributed by atoms with Crippen molar-refractivity contribution in [2.45, 2.75) is 19.3 Å². The van der Waals surface area contributed by atoms with Crippen LogP contribution in [0.5, 0.6) is 0 Å². The van der Waals surface area contributed by atoms with Crippen molar-refractivity contribution in [1.29, 1.82) is 0 Å².